The maximum atomic E-state index is 11.9. The van der Waals surface area contributed by atoms with Gasteiger partial charge in [0.1, 0.15) is 6.67 Å². The van der Waals surface area contributed by atoms with Crippen LogP contribution in [0.15, 0.2) is 22.4 Å². The van der Waals surface area contributed by atoms with E-state index in [0.29, 0.717) is 22.7 Å². The maximum Gasteiger partial charge on any atom is 0.116 e. The summed E-state index contributed by atoms with van der Waals surface area (Å²) in [4.78, 5) is 0. The van der Waals surface area contributed by atoms with Crippen LogP contribution in [0.4, 0.5) is 4.39 Å². The Balaban J connectivity index is 2.79. The minimum atomic E-state index is -0.512. The highest BCUT2D eigenvalue weighted by molar-refractivity contribution is 6.30. The van der Waals surface area contributed by atoms with Gasteiger partial charge in [0.2, 0.25) is 0 Å². The monoisotopic (exact) mass is 147 g/mol. The van der Waals surface area contributed by atoms with Crippen LogP contribution in [0.3, 0.4) is 0 Å². The van der Waals surface area contributed by atoms with Crippen LogP contribution in [0.1, 0.15) is 6.42 Å². The predicted molar refractivity (Wildman–Crippen MR) is 35.7 cm³/mol. The number of alkyl halides is 1. The lowest BCUT2D eigenvalue weighted by atomic mass is 10.3. The maximum absolute atomic E-state index is 11.9. The van der Waals surface area contributed by atoms with Gasteiger partial charge in [0, 0.05) is 17.0 Å². The lowest BCUT2D eigenvalue weighted by Gasteiger charge is -1.95. The van der Waals surface area contributed by atoms with E-state index < -0.39 is 6.67 Å². The van der Waals surface area contributed by atoms with Crippen LogP contribution < -0.4 is 5.73 Å². The Morgan fingerprint density at radius 2 is 2.44 bits per heavy atom. The zero-order valence-corrected chi connectivity index (χ0v) is 5.58. The number of allylic oxidation sites excluding steroid dienone is 3. The molecular formula is C6H7ClFN. The zero-order chi connectivity index (χ0) is 6.85. The molecule has 0 bridgehead atoms. The molecule has 0 aromatic carbocycles. The second-order valence-corrected chi connectivity index (χ2v) is 2.34. The fourth-order valence-electron chi connectivity index (χ4n) is 0.733. The van der Waals surface area contributed by atoms with E-state index in [1.54, 1.807) is 6.08 Å². The van der Waals surface area contributed by atoms with Crippen molar-refractivity contribution in [3.8, 4) is 0 Å². The van der Waals surface area contributed by atoms with Crippen molar-refractivity contribution in [3.05, 3.63) is 22.4 Å². The molecule has 0 heterocycles. The number of nitrogens with two attached hydrogens (primary N) is 1. The minimum Gasteiger partial charge on any atom is -0.397 e. The summed E-state index contributed by atoms with van der Waals surface area (Å²) in [6, 6.07) is 0. The van der Waals surface area contributed by atoms with Gasteiger partial charge >= 0.3 is 0 Å². The number of hydrogen-bond acceptors (Lipinski definition) is 1. The summed E-state index contributed by atoms with van der Waals surface area (Å²) >= 11 is 5.57. The summed E-state index contributed by atoms with van der Waals surface area (Å²) in [5.41, 5.74) is 6.32. The van der Waals surface area contributed by atoms with E-state index in [1.807, 2.05) is 0 Å². The first-order valence-electron chi connectivity index (χ1n) is 2.65. The third kappa shape index (κ3) is 1.08. The zero-order valence-electron chi connectivity index (χ0n) is 4.82. The summed E-state index contributed by atoms with van der Waals surface area (Å²) in [5, 5.41) is 0.558. The van der Waals surface area contributed by atoms with Crippen LogP contribution in [0, 0.1) is 0 Å². The standard InChI is InChI=1S/C6H7ClFN/c7-5-2-1-4(3-8)6(5)9/h1H,2-3,9H2. The quantitative estimate of drug-likeness (QED) is 0.600. The molecule has 1 rings (SSSR count). The van der Waals surface area contributed by atoms with Gasteiger partial charge in [-0.3, -0.25) is 0 Å². The van der Waals surface area contributed by atoms with E-state index in [0.717, 1.165) is 0 Å². The van der Waals surface area contributed by atoms with Crippen molar-refractivity contribution in [3.63, 3.8) is 0 Å². The van der Waals surface area contributed by atoms with Crippen LogP contribution in [0.5, 0.6) is 0 Å². The number of rotatable bonds is 1. The highest BCUT2D eigenvalue weighted by Crippen LogP contribution is 2.24. The van der Waals surface area contributed by atoms with Crippen molar-refractivity contribution in [2.75, 3.05) is 6.67 Å². The van der Waals surface area contributed by atoms with Crippen molar-refractivity contribution in [1.29, 1.82) is 0 Å². The average Bonchev–Trinajstić information content (AvgIpc) is 2.15. The van der Waals surface area contributed by atoms with Gasteiger partial charge in [-0.2, -0.15) is 0 Å². The number of halogens is 2. The average molecular weight is 148 g/mol. The van der Waals surface area contributed by atoms with E-state index in [9.17, 15) is 4.39 Å². The summed E-state index contributed by atoms with van der Waals surface area (Å²) in [6.45, 7) is -0.512. The molecule has 0 saturated carbocycles. The molecule has 0 fully saturated rings. The molecule has 50 valence electrons. The molecule has 1 aliphatic rings. The smallest absolute Gasteiger partial charge is 0.116 e. The Morgan fingerprint density at radius 3 is 2.67 bits per heavy atom. The molecule has 0 amide bonds. The normalized spacial score (nSPS) is 18.7. The van der Waals surface area contributed by atoms with E-state index >= 15 is 0 Å². The van der Waals surface area contributed by atoms with Crippen LogP contribution in [-0.4, -0.2) is 6.67 Å². The topological polar surface area (TPSA) is 26.0 Å². The third-order valence-electron chi connectivity index (χ3n) is 1.31. The van der Waals surface area contributed by atoms with Crippen LogP contribution in [0.25, 0.3) is 0 Å². The predicted octanol–water partition coefficient (Wildman–Crippen LogP) is 1.70. The van der Waals surface area contributed by atoms with E-state index in [2.05, 4.69) is 0 Å². The molecule has 0 aliphatic heterocycles. The molecule has 0 aromatic rings. The van der Waals surface area contributed by atoms with Gasteiger partial charge in [0.15, 0.2) is 0 Å². The molecule has 1 nitrogen and oxygen atoms in total. The highest BCUT2D eigenvalue weighted by Gasteiger charge is 2.11. The SMILES string of the molecule is NC1=C(Cl)CC=C1CF. The molecule has 0 radical (unpaired) electrons. The summed E-state index contributed by atoms with van der Waals surface area (Å²) in [6.07, 6.45) is 2.30. The summed E-state index contributed by atoms with van der Waals surface area (Å²) in [5.74, 6) is 0. The van der Waals surface area contributed by atoms with Gasteiger partial charge in [-0.05, 0) is 0 Å². The van der Waals surface area contributed by atoms with Crippen molar-refractivity contribution in [2.45, 2.75) is 6.42 Å². The Hall–Kier alpha value is -0.500. The first-order valence-corrected chi connectivity index (χ1v) is 3.03. The largest absolute Gasteiger partial charge is 0.397 e. The Morgan fingerprint density at radius 1 is 1.78 bits per heavy atom. The van der Waals surface area contributed by atoms with E-state index in [4.69, 9.17) is 17.3 Å². The van der Waals surface area contributed by atoms with Crippen LogP contribution in [-0.2, 0) is 0 Å². The summed E-state index contributed by atoms with van der Waals surface area (Å²) < 4.78 is 11.9. The molecule has 0 atom stereocenters. The minimum absolute atomic E-state index is 0.416. The molecule has 3 heteroatoms. The first kappa shape index (κ1) is 6.62. The molecule has 9 heavy (non-hydrogen) atoms. The molecular weight excluding hydrogens is 141 g/mol. The van der Waals surface area contributed by atoms with Crippen molar-refractivity contribution in [2.24, 2.45) is 5.73 Å². The van der Waals surface area contributed by atoms with Crippen molar-refractivity contribution in [1.82, 2.24) is 0 Å². The number of hydrogen-bond donors (Lipinski definition) is 1. The second-order valence-electron chi connectivity index (χ2n) is 1.89. The van der Waals surface area contributed by atoms with Crippen molar-refractivity contribution >= 4 is 11.6 Å². The third-order valence-corrected chi connectivity index (χ3v) is 1.67. The lowest BCUT2D eigenvalue weighted by Crippen LogP contribution is -2.00. The Bertz CT molecular complexity index is 183. The van der Waals surface area contributed by atoms with Gasteiger partial charge in [0.25, 0.3) is 0 Å². The molecule has 0 spiro atoms. The molecule has 0 unspecified atom stereocenters. The van der Waals surface area contributed by atoms with Crippen LogP contribution >= 0.6 is 11.6 Å². The Kier molecular flexibility index (Phi) is 1.76. The molecule has 0 saturated heterocycles. The fraction of sp³-hybridized carbons (Fsp3) is 0.333. The van der Waals surface area contributed by atoms with Gasteiger partial charge in [-0.25, -0.2) is 4.39 Å². The Labute approximate surface area is 58.0 Å². The fourth-order valence-corrected chi connectivity index (χ4v) is 0.932. The molecule has 1 aliphatic carbocycles. The second kappa shape index (κ2) is 2.40. The van der Waals surface area contributed by atoms with Gasteiger partial charge in [-0.15, -0.1) is 0 Å². The molecule has 0 aromatic heterocycles. The lowest BCUT2D eigenvalue weighted by molar-refractivity contribution is 0.546. The highest BCUT2D eigenvalue weighted by atomic mass is 35.5. The van der Waals surface area contributed by atoms with Gasteiger partial charge < -0.3 is 5.73 Å². The van der Waals surface area contributed by atoms with Crippen molar-refractivity contribution < 1.29 is 4.39 Å². The van der Waals surface area contributed by atoms with E-state index in [1.165, 1.54) is 0 Å². The molecule has 2 N–H and O–H groups in total. The summed E-state index contributed by atoms with van der Waals surface area (Å²) in [7, 11) is 0. The van der Waals surface area contributed by atoms with Gasteiger partial charge in [-0.1, -0.05) is 17.7 Å². The first-order chi connectivity index (χ1) is 4.25. The van der Waals surface area contributed by atoms with E-state index in [-0.39, 0.29) is 0 Å². The van der Waals surface area contributed by atoms with Crippen LogP contribution in [0.2, 0.25) is 0 Å². The van der Waals surface area contributed by atoms with Gasteiger partial charge in [0.05, 0.1) is 5.70 Å².